The van der Waals surface area contributed by atoms with Crippen LogP contribution >= 0.6 is 0 Å². The molecular formula is C67H126O3. The van der Waals surface area contributed by atoms with Crippen LogP contribution in [0.3, 0.4) is 0 Å². The van der Waals surface area contributed by atoms with Crippen molar-refractivity contribution in [3.05, 3.63) is 35.9 Å². The van der Waals surface area contributed by atoms with Crippen molar-refractivity contribution in [1.82, 2.24) is 0 Å². The van der Waals surface area contributed by atoms with E-state index in [2.05, 4.69) is 121 Å². The molecule has 70 heavy (non-hydrogen) atoms. The maximum Gasteiger partial charge on any atom is 0.0720 e. The van der Waals surface area contributed by atoms with E-state index in [0.717, 1.165) is 90.0 Å². The van der Waals surface area contributed by atoms with Crippen molar-refractivity contribution in [3.8, 4) is 0 Å². The zero-order chi connectivity index (χ0) is 51.8. The molecule has 8 aliphatic carbocycles. The molecule has 0 amide bonds. The van der Waals surface area contributed by atoms with Gasteiger partial charge in [-0.25, -0.2) is 0 Å². The van der Waals surface area contributed by atoms with E-state index in [1.54, 1.807) is 0 Å². The summed E-state index contributed by atoms with van der Waals surface area (Å²) in [5.74, 6) is 13.7. The van der Waals surface area contributed by atoms with E-state index in [-0.39, 0.29) is 6.10 Å². The second-order valence-electron chi connectivity index (χ2n) is 26.1. The average Bonchev–Trinajstić information content (AvgIpc) is 4.17. The standard InChI is InChI=1S/C14H20O.C9H18.C8H16O.3C8H16.C7H14O.C5H10/c1-12-7-5-6-10-14(12)15-11-13-8-3-2-4-9-13;1-7-5-4-6-8(2)9(7)3;1-7-4-2-3-5-8(7)6-9;1-6-4-5-7(2)8(6)3;2*1-7-5-3-4-6-8(7)2;1-6-4-2-3-5-7(6)8;1-2-5-3-4-5/h2-4,8-9,12,14H,5-7,10-11H2,1H3;7-9H,4-6H2,1-3H3;7-9H,2-6H2,1H3;6-8H,4-5H2,1-3H3;2*7-8H,3-6H2,1-2H3;6-8H,2-5H2,1H3;5H,2-4H2,1H3/t12?,14-;7-,8+,9?;7?,8-;6-,7?,8?;7-,8?;;6-,7-;/m1.011.1./s1. The number of benzene rings is 1. The van der Waals surface area contributed by atoms with Crippen LogP contribution in [-0.4, -0.2) is 29.0 Å². The first-order valence-corrected chi connectivity index (χ1v) is 31.4. The van der Waals surface area contributed by atoms with E-state index < -0.39 is 0 Å². The van der Waals surface area contributed by atoms with Gasteiger partial charge in [-0.1, -0.05) is 275 Å². The summed E-state index contributed by atoms with van der Waals surface area (Å²) in [7, 11) is 0. The first-order chi connectivity index (χ1) is 33.5. The molecule has 1 aromatic rings. The Labute approximate surface area is 439 Å². The van der Waals surface area contributed by atoms with Crippen LogP contribution < -0.4 is 0 Å². The summed E-state index contributed by atoms with van der Waals surface area (Å²) < 4.78 is 5.98. The summed E-state index contributed by atoms with van der Waals surface area (Å²) in [5.41, 5.74) is 1.29. The maximum atomic E-state index is 9.18. The zero-order valence-corrected chi connectivity index (χ0v) is 49.7. The van der Waals surface area contributed by atoms with Crippen molar-refractivity contribution in [3.63, 3.8) is 0 Å². The molecule has 8 unspecified atom stereocenters. The van der Waals surface area contributed by atoms with Gasteiger partial charge in [-0.2, -0.15) is 0 Å². The van der Waals surface area contributed by atoms with Gasteiger partial charge in [0.2, 0.25) is 0 Å². The monoisotopic (exact) mass is 979 g/mol. The fourth-order valence-corrected chi connectivity index (χ4v) is 12.3. The normalized spacial score (nSPS) is 36.9. The highest BCUT2D eigenvalue weighted by Crippen LogP contribution is 2.36. The molecule has 412 valence electrons. The fourth-order valence-electron chi connectivity index (χ4n) is 12.3. The van der Waals surface area contributed by atoms with Crippen molar-refractivity contribution in [1.29, 1.82) is 0 Å². The Balaban J connectivity index is 0.000000279. The van der Waals surface area contributed by atoms with Gasteiger partial charge in [0.25, 0.3) is 0 Å². The molecule has 0 aliphatic heterocycles. The molecular weight excluding hydrogens is 853 g/mol. The summed E-state index contributed by atoms with van der Waals surface area (Å²) in [5, 5.41) is 18.0. The number of aliphatic hydroxyl groups is 2. The first kappa shape index (κ1) is 65.2. The zero-order valence-electron chi connectivity index (χ0n) is 49.7. The van der Waals surface area contributed by atoms with Gasteiger partial charge in [0.15, 0.2) is 0 Å². The second kappa shape index (κ2) is 38.6. The summed E-state index contributed by atoms with van der Waals surface area (Å²) in [4.78, 5) is 0. The molecule has 1 aromatic carbocycles. The van der Waals surface area contributed by atoms with Crippen LogP contribution in [-0.2, 0) is 11.3 Å². The lowest BCUT2D eigenvalue weighted by molar-refractivity contribution is -0.0154. The van der Waals surface area contributed by atoms with Crippen molar-refractivity contribution in [2.45, 2.75) is 296 Å². The third-order valence-electron chi connectivity index (χ3n) is 20.3. The minimum absolute atomic E-state index is 0.00347. The quantitative estimate of drug-likeness (QED) is 0.309. The van der Waals surface area contributed by atoms with Crippen LogP contribution in [0, 0.1) is 88.8 Å². The Bertz CT molecular complexity index is 1210. The lowest BCUT2D eigenvalue weighted by atomic mass is 9.75. The van der Waals surface area contributed by atoms with Crippen molar-refractivity contribution in [2.75, 3.05) is 6.61 Å². The second-order valence-corrected chi connectivity index (χ2v) is 26.1. The number of ether oxygens (including phenoxy) is 1. The number of hydrogen-bond donors (Lipinski definition) is 2. The van der Waals surface area contributed by atoms with Gasteiger partial charge in [0.1, 0.15) is 0 Å². The lowest BCUT2D eigenvalue weighted by Crippen LogP contribution is -2.25. The van der Waals surface area contributed by atoms with Gasteiger partial charge in [-0.15, -0.1) is 0 Å². The smallest absolute Gasteiger partial charge is 0.0720 e. The van der Waals surface area contributed by atoms with E-state index >= 15 is 0 Å². The van der Waals surface area contributed by atoms with Crippen LogP contribution in [0.2, 0.25) is 0 Å². The average molecular weight is 980 g/mol. The molecule has 0 heterocycles. The predicted molar refractivity (Wildman–Crippen MR) is 309 cm³/mol. The van der Waals surface area contributed by atoms with E-state index in [0.29, 0.717) is 24.5 Å². The molecule has 8 aliphatic rings. The lowest BCUT2D eigenvalue weighted by Gasteiger charge is -2.31. The number of hydrogen-bond acceptors (Lipinski definition) is 3. The maximum absolute atomic E-state index is 9.18. The van der Waals surface area contributed by atoms with Gasteiger partial charge >= 0.3 is 0 Å². The van der Waals surface area contributed by atoms with E-state index in [1.165, 1.54) is 179 Å². The van der Waals surface area contributed by atoms with E-state index in [4.69, 9.17) is 9.84 Å². The largest absolute Gasteiger partial charge is 0.396 e. The molecule has 0 aromatic heterocycles. The highest BCUT2D eigenvalue weighted by molar-refractivity contribution is 5.13. The molecule has 0 spiro atoms. The Morgan fingerprint density at radius 2 is 0.757 bits per heavy atom. The van der Waals surface area contributed by atoms with Gasteiger partial charge in [0.05, 0.1) is 18.8 Å². The molecule has 3 heteroatoms. The Morgan fingerprint density at radius 3 is 1.06 bits per heavy atom. The van der Waals surface area contributed by atoms with Crippen molar-refractivity contribution >= 4 is 0 Å². The van der Waals surface area contributed by atoms with Crippen LogP contribution in [0.25, 0.3) is 0 Å². The molecule has 8 fully saturated rings. The number of aliphatic hydroxyl groups excluding tert-OH is 2. The minimum Gasteiger partial charge on any atom is -0.396 e. The molecule has 0 saturated heterocycles. The molecule has 0 bridgehead atoms. The molecule has 16 atom stereocenters. The first-order valence-electron chi connectivity index (χ1n) is 31.4. The van der Waals surface area contributed by atoms with Gasteiger partial charge < -0.3 is 14.9 Å². The van der Waals surface area contributed by atoms with Crippen LogP contribution in [0.5, 0.6) is 0 Å². The van der Waals surface area contributed by atoms with E-state index in [1.807, 2.05) is 6.07 Å². The third-order valence-corrected chi connectivity index (χ3v) is 20.3. The summed E-state index contributed by atoms with van der Waals surface area (Å²) in [6.45, 7) is 33.9. The SMILES string of the molecule is CC1CCCCC1C.CC1CCCC[C@H]1C.CC1CCCC[C@H]1CO.CC1CCCC[C@H]1OCc1ccccc1.CC1CC[C@@H](C)C1C.CC1[C@H](C)CCC[C@@H]1C.CCC1CC1.C[C@@H]1CCCC[C@H]1O. The molecule has 9 rings (SSSR count). The highest BCUT2D eigenvalue weighted by Gasteiger charge is 2.26. The molecule has 0 radical (unpaired) electrons. The predicted octanol–water partition coefficient (Wildman–Crippen LogP) is 20.4. The molecule has 2 N–H and O–H groups in total. The topological polar surface area (TPSA) is 49.7 Å². The number of rotatable bonds is 5. The minimum atomic E-state index is 0.00347. The van der Waals surface area contributed by atoms with Crippen molar-refractivity contribution in [2.24, 2.45) is 88.8 Å². The van der Waals surface area contributed by atoms with Gasteiger partial charge in [-0.05, 0) is 126 Å². The van der Waals surface area contributed by atoms with Crippen LogP contribution in [0.15, 0.2) is 30.3 Å². The molecule has 3 nitrogen and oxygen atoms in total. The van der Waals surface area contributed by atoms with Crippen LogP contribution in [0.1, 0.15) is 282 Å². The van der Waals surface area contributed by atoms with Gasteiger partial charge in [-0.3, -0.25) is 0 Å². The summed E-state index contributed by atoms with van der Waals surface area (Å²) >= 11 is 0. The van der Waals surface area contributed by atoms with Crippen LogP contribution in [0.4, 0.5) is 0 Å². The van der Waals surface area contributed by atoms with Crippen molar-refractivity contribution < 1.29 is 14.9 Å². The Morgan fingerprint density at radius 1 is 0.386 bits per heavy atom. The third kappa shape index (κ3) is 28.7. The van der Waals surface area contributed by atoms with Gasteiger partial charge in [0, 0.05) is 6.61 Å². The van der Waals surface area contributed by atoms with E-state index in [9.17, 15) is 5.11 Å². The highest BCUT2D eigenvalue weighted by atomic mass is 16.5. The Hall–Kier alpha value is -0.900. The Kier molecular flexibility index (Phi) is 36.0. The molecule has 8 saturated carbocycles. The summed E-state index contributed by atoms with van der Waals surface area (Å²) in [6, 6.07) is 10.5. The summed E-state index contributed by atoms with van der Waals surface area (Å²) in [6.07, 6.45) is 39.4. The fraction of sp³-hybridized carbons (Fsp3) is 0.910.